The molecule has 3 aliphatic rings. The third-order valence-corrected chi connectivity index (χ3v) is 5.20. The summed E-state index contributed by atoms with van der Waals surface area (Å²) in [5.41, 5.74) is -0.506. The number of ether oxygens (including phenoxy) is 2. The van der Waals surface area contributed by atoms with Gasteiger partial charge in [-0.15, -0.1) is 0 Å². The molecule has 0 aliphatic carbocycles. The smallest absolute Gasteiger partial charge is 0.260 e. The fourth-order valence-corrected chi connectivity index (χ4v) is 4.04. The van der Waals surface area contributed by atoms with Crippen molar-refractivity contribution >= 4 is 28.2 Å². The molecule has 2 spiro atoms. The zero-order valence-electron chi connectivity index (χ0n) is 12.3. The maximum atomic E-state index is 12.9. The molecule has 0 saturated carbocycles. The van der Waals surface area contributed by atoms with Crippen molar-refractivity contribution in [1.29, 1.82) is 0 Å². The highest BCUT2D eigenvalue weighted by Gasteiger charge is 2.57. The predicted molar refractivity (Wildman–Crippen MR) is 85.1 cm³/mol. The molecular weight excluding hydrogens is 348 g/mol. The van der Waals surface area contributed by atoms with Gasteiger partial charge in [-0.2, -0.15) is 0 Å². The third-order valence-electron chi connectivity index (χ3n) is 4.70. The van der Waals surface area contributed by atoms with E-state index in [1.807, 2.05) is 18.2 Å². The van der Waals surface area contributed by atoms with Crippen molar-refractivity contribution in [2.45, 2.75) is 30.4 Å². The minimum Gasteiger partial charge on any atom is -0.484 e. The molecule has 0 bridgehead atoms. The SMILES string of the molecule is CN1C=NC2(CC3(CCCOC3)Oc3ccc(Br)cc32)C1=O. The van der Waals surface area contributed by atoms with Gasteiger partial charge in [-0.1, -0.05) is 15.9 Å². The van der Waals surface area contributed by atoms with E-state index in [0.717, 1.165) is 35.2 Å². The van der Waals surface area contributed by atoms with E-state index in [4.69, 9.17) is 9.47 Å². The van der Waals surface area contributed by atoms with Gasteiger partial charge in [-0.05, 0) is 31.0 Å². The Labute approximate surface area is 137 Å². The lowest BCUT2D eigenvalue weighted by molar-refractivity contribution is -0.139. The Balaban J connectivity index is 1.88. The number of hydrogen-bond donors (Lipinski definition) is 0. The number of benzene rings is 1. The molecule has 5 nitrogen and oxygen atoms in total. The maximum Gasteiger partial charge on any atom is 0.260 e. The van der Waals surface area contributed by atoms with Crippen molar-refractivity contribution in [3.63, 3.8) is 0 Å². The molecule has 1 aromatic rings. The average Bonchev–Trinajstić information content (AvgIpc) is 2.78. The van der Waals surface area contributed by atoms with Crippen LogP contribution in [0.4, 0.5) is 0 Å². The summed E-state index contributed by atoms with van der Waals surface area (Å²) >= 11 is 3.49. The van der Waals surface area contributed by atoms with Crippen LogP contribution in [0.15, 0.2) is 27.7 Å². The molecule has 3 aliphatic heterocycles. The molecule has 116 valence electrons. The number of halogens is 1. The van der Waals surface area contributed by atoms with Crippen molar-refractivity contribution in [2.75, 3.05) is 20.3 Å². The quantitative estimate of drug-likeness (QED) is 0.710. The van der Waals surface area contributed by atoms with Crippen LogP contribution in [0.1, 0.15) is 24.8 Å². The predicted octanol–water partition coefficient (Wildman–Crippen LogP) is 2.48. The lowest BCUT2D eigenvalue weighted by atomic mass is 9.74. The Hall–Kier alpha value is -1.40. The Kier molecular flexibility index (Phi) is 3.10. The molecule has 0 N–H and O–H groups in total. The molecular formula is C16H17BrN2O3. The Morgan fingerprint density at radius 1 is 1.41 bits per heavy atom. The van der Waals surface area contributed by atoms with Gasteiger partial charge in [-0.3, -0.25) is 9.79 Å². The second kappa shape index (κ2) is 4.80. The minimum atomic E-state index is -0.882. The molecule has 1 saturated heterocycles. The summed E-state index contributed by atoms with van der Waals surface area (Å²) < 4.78 is 12.9. The molecule has 2 atom stereocenters. The fourth-order valence-electron chi connectivity index (χ4n) is 3.68. The number of nitrogens with zero attached hydrogens (tertiary/aromatic N) is 2. The largest absolute Gasteiger partial charge is 0.484 e. The summed E-state index contributed by atoms with van der Waals surface area (Å²) in [5, 5.41) is 0. The van der Waals surface area contributed by atoms with E-state index in [0.29, 0.717) is 13.0 Å². The van der Waals surface area contributed by atoms with E-state index in [-0.39, 0.29) is 5.91 Å². The van der Waals surface area contributed by atoms with Crippen LogP contribution >= 0.6 is 15.9 Å². The fraction of sp³-hybridized carbons (Fsp3) is 0.500. The summed E-state index contributed by atoms with van der Waals surface area (Å²) in [6.07, 6.45) is 3.98. The number of amides is 1. The van der Waals surface area contributed by atoms with E-state index in [1.165, 1.54) is 0 Å². The second-order valence-electron chi connectivity index (χ2n) is 6.28. The highest BCUT2D eigenvalue weighted by Crippen LogP contribution is 2.51. The van der Waals surface area contributed by atoms with E-state index < -0.39 is 11.1 Å². The standard InChI is InChI=1S/C16H17BrN2O3/c1-19-10-18-16(14(19)20)8-15(5-2-6-21-9-15)22-13-4-3-11(17)7-12(13)16/h3-4,7,10H,2,5-6,8-9H2,1H3. The Bertz CT molecular complexity index is 669. The first-order valence-corrected chi connectivity index (χ1v) is 8.23. The first kappa shape index (κ1) is 14.2. The molecule has 6 heteroatoms. The van der Waals surface area contributed by atoms with Gasteiger partial charge in [0, 0.05) is 30.1 Å². The molecule has 0 aromatic heterocycles. The lowest BCUT2D eigenvalue weighted by Gasteiger charge is -2.46. The van der Waals surface area contributed by atoms with Crippen LogP contribution in [0, 0.1) is 0 Å². The van der Waals surface area contributed by atoms with Gasteiger partial charge in [0.2, 0.25) is 0 Å². The van der Waals surface area contributed by atoms with Gasteiger partial charge in [0.1, 0.15) is 11.4 Å². The van der Waals surface area contributed by atoms with Gasteiger partial charge in [0.15, 0.2) is 5.54 Å². The number of aliphatic imine (C=N–C) groups is 1. The second-order valence-corrected chi connectivity index (χ2v) is 7.20. The van der Waals surface area contributed by atoms with Gasteiger partial charge < -0.3 is 14.4 Å². The van der Waals surface area contributed by atoms with Crippen LogP contribution in [-0.2, 0) is 15.1 Å². The zero-order valence-corrected chi connectivity index (χ0v) is 13.9. The highest BCUT2D eigenvalue weighted by atomic mass is 79.9. The topological polar surface area (TPSA) is 51.1 Å². The van der Waals surface area contributed by atoms with Crippen LogP contribution in [-0.4, -0.2) is 43.0 Å². The van der Waals surface area contributed by atoms with Crippen molar-refractivity contribution in [3.8, 4) is 5.75 Å². The average molecular weight is 365 g/mol. The van der Waals surface area contributed by atoms with Gasteiger partial charge in [0.05, 0.1) is 12.9 Å². The number of fused-ring (bicyclic) bond motifs is 2. The summed E-state index contributed by atoms with van der Waals surface area (Å²) in [4.78, 5) is 19.1. The van der Waals surface area contributed by atoms with E-state index >= 15 is 0 Å². The number of carbonyl (C=O) groups is 1. The van der Waals surface area contributed by atoms with Gasteiger partial charge >= 0.3 is 0 Å². The van der Waals surface area contributed by atoms with Crippen molar-refractivity contribution in [2.24, 2.45) is 4.99 Å². The van der Waals surface area contributed by atoms with Crippen LogP contribution in [0.25, 0.3) is 0 Å². The first-order valence-electron chi connectivity index (χ1n) is 7.44. The summed E-state index contributed by atoms with van der Waals surface area (Å²) in [7, 11) is 1.75. The van der Waals surface area contributed by atoms with Crippen LogP contribution < -0.4 is 4.74 Å². The van der Waals surface area contributed by atoms with Crippen molar-refractivity contribution < 1.29 is 14.3 Å². The van der Waals surface area contributed by atoms with E-state index in [2.05, 4.69) is 20.9 Å². The van der Waals surface area contributed by atoms with Gasteiger partial charge in [-0.25, -0.2) is 0 Å². The number of hydrogen-bond acceptors (Lipinski definition) is 4. The first-order chi connectivity index (χ1) is 10.5. The molecule has 1 amide bonds. The molecule has 0 radical (unpaired) electrons. The Morgan fingerprint density at radius 2 is 2.27 bits per heavy atom. The van der Waals surface area contributed by atoms with Crippen LogP contribution in [0.3, 0.4) is 0 Å². The normalized spacial score (nSPS) is 33.4. The van der Waals surface area contributed by atoms with Gasteiger partial charge in [0.25, 0.3) is 5.91 Å². The van der Waals surface area contributed by atoms with E-state index in [9.17, 15) is 4.79 Å². The summed E-state index contributed by atoms with van der Waals surface area (Å²) in [5.74, 6) is 0.737. The number of carbonyl (C=O) groups excluding carboxylic acids is 1. The molecule has 1 aromatic carbocycles. The monoisotopic (exact) mass is 364 g/mol. The maximum absolute atomic E-state index is 12.9. The number of rotatable bonds is 0. The molecule has 3 heterocycles. The van der Waals surface area contributed by atoms with E-state index in [1.54, 1.807) is 18.3 Å². The van der Waals surface area contributed by atoms with Crippen molar-refractivity contribution in [1.82, 2.24) is 4.90 Å². The summed E-state index contributed by atoms with van der Waals surface area (Å²) in [6.45, 7) is 1.26. The van der Waals surface area contributed by atoms with Crippen LogP contribution in [0.5, 0.6) is 5.75 Å². The number of likely N-dealkylation sites (N-methyl/N-ethyl adjacent to an activating group) is 1. The molecule has 1 fully saturated rings. The molecule has 22 heavy (non-hydrogen) atoms. The zero-order chi connectivity index (χ0) is 15.4. The molecule has 2 unspecified atom stereocenters. The Morgan fingerprint density at radius 3 is 2.95 bits per heavy atom. The van der Waals surface area contributed by atoms with Crippen LogP contribution in [0.2, 0.25) is 0 Å². The highest BCUT2D eigenvalue weighted by molar-refractivity contribution is 9.10. The minimum absolute atomic E-state index is 0.0000912. The molecule has 4 rings (SSSR count). The van der Waals surface area contributed by atoms with Crippen molar-refractivity contribution in [3.05, 3.63) is 28.2 Å². The summed E-state index contributed by atoms with van der Waals surface area (Å²) in [6, 6.07) is 5.79. The lowest BCUT2D eigenvalue weighted by Crippen LogP contribution is -2.55. The third kappa shape index (κ3) is 1.93.